The number of amides is 1. The summed E-state index contributed by atoms with van der Waals surface area (Å²) in [4.78, 5) is 33.5. The first-order valence-corrected chi connectivity index (χ1v) is 14.6. The Kier molecular flexibility index (Phi) is 7.43. The van der Waals surface area contributed by atoms with Gasteiger partial charge in [0, 0.05) is 66.2 Å². The van der Waals surface area contributed by atoms with Crippen LogP contribution in [-0.4, -0.2) is 49.3 Å². The molecule has 3 aliphatic rings. The number of piperazine rings is 1. The predicted octanol–water partition coefficient (Wildman–Crippen LogP) is 6.58. The van der Waals surface area contributed by atoms with Crippen LogP contribution in [0.3, 0.4) is 0 Å². The lowest BCUT2D eigenvalue weighted by Gasteiger charge is -2.40. The van der Waals surface area contributed by atoms with Gasteiger partial charge in [-0.25, -0.2) is 8.78 Å². The Labute approximate surface area is 249 Å². The fraction of sp³-hybridized carbons (Fsp3) is 0.333. The molecule has 1 saturated heterocycles. The Morgan fingerprint density at radius 2 is 1.74 bits per heavy atom. The zero-order valence-electron chi connectivity index (χ0n) is 23.7. The highest BCUT2D eigenvalue weighted by Gasteiger charge is 2.43. The Balaban J connectivity index is 1.37. The number of halogens is 3. The van der Waals surface area contributed by atoms with Crippen LogP contribution in [0.25, 0.3) is 0 Å². The Morgan fingerprint density at radius 1 is 0.976 bits per heavy atom. The Hall–Kier alpha value is -3.91. The van der Waals surface area contributed by atoms with Crippen molar-refractivity contribution in [3.63, 3.8) is 0 Å². The first-order valence-electron chi connectivity index (χ1n) is 14.2. The summed E-state index contributed by atoms with van der Waals surface area (Å²) in [6, 6.07) is 17.7. The van der Waals surface area contributed by atoms with Gasteiger partial charge in [0.05, 0.1) is 24.0 Å². The maximum absolute atomic E-state index is 15.5. The molecule has 2 heterocycles. The fourth-order valence-electron chi connectivity index (χ4n) is 6.41. The van der Waals surface area contributed by atoms with Crippen molar-refractivity contribution in [2.75, 3.05) is 47.8 Å². The molecule has 6 rings (SSSR count). The summed E-state index contributed by atoms with van der Waals surface area (Å²) in [7, 11) is 0. The average Bonchev–Trinajstić information content (AvgIpc) is 3.07. The number of Topliss-reactive ketones (excluding diaryl/α,β-unsaturated/α-hetero) is 1. The van der Waals surface area contributed by atoms with E-state index in [1.807, 2.05) is 67.3 Å². The molecule has 1 atom stereocenters. The lowest BCUT2D eigenvalue weighted by Crippen LogP contribution is -2.52. The highest BCUT2D eigenvalue weighted by Crippen LogP contribution is 2.48. The van der Waals surface area contributed by atoms with E-state index in [9.17, 15) is 14.0 Å². The molecule has 0 radical (unpaired) electrons. The van der Waals surface area contributed by atoms with E-state index in [1.165, 1.54) is 12.1 Å². The molecule has 1 amide bonds. The van der Waals surface area contributed by atoms with E-state index in [1.54, 1.807) is 4.90 Å². The van der Waals surface area contributed by atoms with Crippen LogP contribution >= 0.6 is 11.6 Å². The van der Waals surface area contributed by atoms with E-state index in [4.69, 9.17) is 11.6 Å². The highest BCUT2D eigenvalue weighted by molar-refractivity contribution is 6.30. The van der Waals surface area contributed by atoms with Crippen LogP contribution in [0.2, 0.25) is 5.02 Å². The van der Waals surface area contributed by atoms with Gasteiger partial charge in [-0.1, -0.05) is 49.7 Å². The molecule has 2 aliphatic heterocycles. The van der Waals surface area contributed by atoms with E-state index in [0.29, 0.717) is 54.6 Å². The van der Waals surface area contributed by atoms with Gasteiger partial charge in [-0.3, -0.25) is 9.59 Å². The molecule has 1 unspecified atom stereocenters. The van der Waals surface area contributed by atoms with Crippen molar-refractivity contribution in [2.45, 2.75) is 32.7 Å². The number of anilines is 3. The van der Waals surface area contributed by atoms with Crippen molar-refractivity contribution in [1.82, 2.24) is 4.90 Å². The fourth-order valence-corrected chi connectivity index (χ4v) is 6.59. The monoisotopic (exact) mass is 590 g/mol. The molecule has 0 bridgehead atoms. The third-order valence-electron chi connectivity index (χ3n) is 8.37. The number of allylic oxidation sites excluding steroid dienone is 1. The number of benzene rings is 3. The summed E-state index contributed by atoms with van der Waals surface area (Å²) in [5, 5.41) is 4.13. The second-order valence-electron chi connectivity index (χ2n) is 12.0. The Bertz CT molecular complexity index is 1580. The van der Waals surface area contributed by atoms with Crippen LogP contribution in [-0.2, 0) is 9.59 Å². The summed E-state index contributed by atoms with van der Waals surface area (Å²) in [5.41, 5.74) is 3.42. The topological polar surface area (TPSA) is 55.9 Å². The van der Waals surface area contributed by atoms with Gasteiger partial charge in [-0.05, 0) is 48.2 Å². The largest absolute Gasteiger partial charge is 0.368 e. The van der Waals surface area contributed by atoms with Crippen molar-refractivity contribution in [3.8, 4) is 0 Å². The molecule has 3 aromatic rings. The highest BCUT2D eigenvalue weighted by atomic mass is 35.5. The van der Waals surface area contributed by atoms with Gasteiger partial charge in [0.15, 0.2) is 5.78 Å². The first-order chi connectivity index (χ1) is 20.1. The molecule has 3 aromatic carbocycles. The zero-order chi connectivity index (χ0) is 29.6. The van der Waals surface area contributed by atoms with Crippen LogP contribution in [0.4, 0.5) is 25.8 Å². The number of ketones is 1. The number of rotatable bonds is 4. The molecule has 0 spiro atoms. The number of hydrogen-bond acceptors (Lipinski definition) is 5. The van der Waals surface area contributed by atoms with Crippen molar-refractivity contribution < 1.29 is 18.4 Å². The molecule has 1 aliphatic carbocycles. The van der Waals surface area contributed by atoms with Gasteiger partial charge >= 0.3 is 0 Å². The van der Waals surface area contributed by atoms with Crippen LogP contribution < -0.4 is 15.1 Å². The normalized spacial score (nSPS) is 20.1. The molecule has 1 fully saturated rings. The van der Waals surface area contributed by atoms with Gasteiger partial charge in [0.1, 0.15) is 11.6 Å². The maximum Gasteiger partial charge on any atom is 0.242 e. The summed E-state index contributed by atoms with van der Waals surface area (Å²) < 4.78 is 29.6. The summed E-state index contributed by atoms with van der Waals surface area (Å²) in [6.07, 6.45) is 0.866. The van der Waals surface area contributed by atoms with Crippen LogP contribution in [0.15, 0.2) is 78.0 Å². The third-order valence-corrected chi connectivity index (χ3v) is 8.61. The van der Waals surface area contributed by atoms with Crippen LogP contribution in [0, 0.1) is 17.0 Å². The minimum Gasteiger partial charge on any atom is -0.368 e. The molecular weight excluding hydrogens is 558 g/mol. The third kappa shape index (κ3) is 5.48. The molecule has 0 aromatic heterocycles. The number of carbonyl (C=O) groups is 2. The summed E-state index contributed by atoms with van der Waals surface area (Å²) in [6.45, 7) is 6.29. The number of nitrogens with zero attached hydrogens (tertiary/aromatic N) is 3. The van der Waals surface area contributed by atoms with Gasteiger partial charge < -0.3 is 20.0 Å². The number of hydrogen-bond donors (Lipinski definition) is 1. The number of fused-ring (bicyclic) bond motifs is 1. The standard InChI is InChI=1S/C33H33ClF2N4O2/c1-33(2)18-27-31(29(41)19-33)32(24-11-10-22(35)17-25(24)36)40(28-9-4-3-8-26(28)37-27)20-30(42)39-14-12-38(13-15-39)23-7-5-6-21(34)16-23/h3-11,16-17,32,37H,12-15,18-20H2,1-2H3. The molecule has 1 N–H and O–H groups in total. The van der Waals surface area contributed by atoms with Gasteiger partial charge in [-0.15, -0.1) is 0 Å². The number of para-hydroxylation sites is 2. The van der Waals surface area contributed by atoms with Gasteiger partial charge in [0.2, 0.25) is 5.91 Å². The average molecular weight is 591 g/mol. The minimum absolute atomic E-state index is 0.0786. The van der Waals surface area contributed by atoms with E-state index < -0.39 is 17.7 Å². The minimum atomic E-state index is -0.906. The van der Waals surface area contributed by atoms with Crippen molar-refractivity contribution in [3.05, 3.63) is 100 Å². The van der Waals surface area contributed by atoms with Crippen LogP contribution in [0.5, 0.6) is 0 Å². The molecule has 6 nitrogen and oxygen atoms in total. The number of nitrogens with one attached hydrogen (secondary N) is 1. The molecule has 42 heavy (non-hydrogen) atoms. The van der Waals surface area contributed by atoms with Crippen molar-refractivity contribution in [2.24, 2.45) is 5.41 Å². The summed E-state index contributed by atoms with van der Waals surface area (Å²) in [5.74, 6) is -1.69. The summed E-state index contributed by atoms with van der Waals surface area (Å²) >= 11 is 6.19. The lowest BCUT2D eigenvalue weighted by atomic mass is 9.73. The van der Waals surface area contributed by atoms with Crippen molar-refractivity contribution in [1.29, 1.82) is 0 Å². The molecular formula is C33H33ClF2N4O2. The van der Waals surface area contributed by atoms with E-state index in [-0.39, 0.29) is 35.6 Å². The SMILES string of the molecule is CC1(C)CC(=O)C2=C(C1)Nc1ccccc1N(CC(=O)N1CCN(c3cccc(Cl)c3)CC1)C2c1ccc(F)cc1F. The first kappa shape index (κ1) is 28.2. The molecule has 218 valence electrons. The lowest BCUT2D eigenvalue weighted by molar-refractivity contribution is -0.130. The smallest absolute Gasteiger partial charge is 0.242 e. The molecule has 0 saturated carbocycles. The zero-order valence-corrected chi connectivity index (χ0v) is 24.4. The van der Waals surface area contributed by atoms with E-state index in [0.717, 1.165) is 17.4 Å². The molecule has 9 heteroatoms. The number of carbonyl (C=O) groups excluding carboxylic acids is 2. The quantitative estimate of drug-likeness (QED) is 0.372. The van der Waals surface area contributed by atoms with Crippen LogP contribution in [0.1, 0.15) is 38.3 Å². The van der Waals surface area contributed by atoms with Crippen molar-refractivity contribution >= 4 is 40.4 Å². The van der Waals surface area contributed by atoms with E-state index >= 15 is 4.39 Å². The maximum atomic E-state index is 15.5. The second kappa shape index (κ2) is 11.1. The van der Waals surface area contributed by atoms with Gasteiger partial charge in [0.25, 0.3) is 0 Å². The Morgan fingerprint density at radius 3 is 2.48 bits per heavy atom. The second-order valence-corrected chi connectivity index (χ2v) is 12.5. The van der Waals surface area contributed by atoms with Gasteiger partial charge in [-0.2, -0.15) is 0 Å². The predicted molar refractivity (Wildman–Crippen MR) is 162 cm³/mol. The van der Waals surface area contributed by atoms with E-state index in [2.05, 4.69) is 10.2 Å².